The normalized spacial score (nSPS) is 32.6. The summed E-state index contributed by atoms with van der Waals surface area (Å²) < 4.78 is 5.28. The predicted molar refractivity (Wildman–Crippen MR) is 112 cm³/mol. The highest BCUT2D eigenvalue weighted by Gasteiger charge is 2.58. The lowest BCUT2D eigenvalue weighted by molar-refractivity contribution is -0.155. The Hall–Kier alpha value is -1.89. The second-order valence-corrected chi connectivity index (χ2v) is 8.90. The van der Waals surface area contributed by atoms with Crippen LogP contribution < -0.4 is 5.32 Å². The third kappa shape index (κ3) is 4.27. The largest absolute Gasteiger partial charge is 0.466 e. The SMILES string of the molecule is CCOC(=O)[C@H]1[C@@H]2C(=O)N([C@@H](CC)CO)[C@H](C(=O)NC3CCCCC3)[C@H]2C=C[C@H]1C. The molecule has 1 aliphatic heterocycles. The van der Waals surface area contributed by atoms with Crippen molar-refractivity contribution in [3.8, 4) is 0 Å². The summed E-state index contributed by atoms with van der Waals surface area (Å²) in [4.78, 5) is 41.3. The Balaban J connectivity index is 1.93. The summed E-state index contributed by atoms with van der Waals surface area (Å²) in [5.74, 6) is -2.57. The minimum absolute atomic E-state index is 0.129. The number of carbonyl (C=O) groups excluding carboxylic acids is 3. The van der Waals surface area contributed by atoms with E-state index in [0.717, 1.165) is 25.7 Å². The van der Waals surface area contributed by atoms with Crippen LogP contribution >= 0.6 is 0 Å². The fourth-order valence-corrected chi connectivity index (χ4v) is 5.48. The number of esters is 1. The van der Waals surface area contributed by atoms with Crippen LogP contribution in [-0.4, -0.2) is 59.1 Å². The van der Waals surface area contributed by atoms with E-state index in [9.17, 15) is 19.5 Å². The zero-order chi connectivity index (χ0) is 21.8. The van der Waals surface area contributed by atoms with Crippen molar-refractivity contribution in [2.24, 2.45) is 23.7 Å². The number of nitrogens with one attached hydrogen (secondary N) is 1. The van der Waals surface area contributed by atoms with Crippen molar-refractivity contribution >= 4 is 17.8 Å². The van der Waals surface area contributed by atoms with Gasteiger partial charge in [0.1, 0.15) is 6.04 Å². The number of allylic oxidation sites excluding steroid dienone is 1. The number of nitrogens with zero attached hydrogens (tertiary/aromatic N) is 1. The number of hydrogen-bond acceptors (Lipinski definition) is 5. The maximum Gasteiger partial charge on any atom is 0.310 e. The van der Waals surface area contributed by atoms with Crippen LogP contribution in [0.2, 0.25) is 0 Å². The second-order valence-electron chi connectivity index (χ2n) is 8.90. The van der Waals surface area contributed by atoms with Gasteiger partial charge in [0.15, 0.2) is 0 Å². The van der Waals surface area contributed by atoms with Gasteiger partial charge in [-0.15, -0.1) is 0 Å². The minimum atomic E-state index is -0.706. The van der Waals surface area contributed by atoms with Crippen molar-refractivity contribution in [1.82, 2.24) is 10.2 Å². The van der Waals surface area contributed by atoms with E-state index in [-0.39, 0.29) is 43.0 Å². The lowest BCUT2D eigenvalue weighted by atomic mass is 9.70. The summed E-state index contributed by atoms with van der Waals surface area (Å²) in [5, 5.41) is 13.1. The lowest BCUT2D eigenvalue weighted by Crippen LogP contribution is -2.54. The molecule has 0 spiro atoms. The Morgan fingerprint density at radius 3 is 2.53 bits per heavy atom. The van der Waals surface area contributed by atoms with Crippen LogP contribution in [0.25, 0.3) is 0 Å². The van der Waals surface area contributed by atoms with Gasteiger partial charge in [-0.1, -0.05) is 45.3 Å². The standard InChI is InChI=1S/C23H36N2O5/c1-4-16(13-26)25-20(21(27)24-15-9-7-6-8-10-15)17-12-11-14(3)18(19(17)22(25)28)23(29)30-5-2/h11-12,14-20,26H,4-10,13H2,1-3H3,(H,24,27)/t14-,16+,17+,18-,19-,20+/m1/s1. The van der Waals surface area contributed by atoms with Crippen molar-refractivity contribution < 1.29 is 24.2 Å². The Kier molecular flexibility index (Phi) is 7.55. The molecule has 2 aliphatic carbocycles. The molecular formula is C23H36N2O5. The molecule has 7 nitrogen and oxygen atoms in total. The number of aliphatic hydroxyl groups is 1. The molecular weight excluding hydrogens is 384 g/mol. The van der Waals surface area contributed by atoms with E-state index in [4.69, 9.17) is 4.74 Å². The summed E-state index contributed by atoms with van der Waals surface area (Å²) in [7, 11) is 0. The first-order chi connectivity index (χ1) is 14.4. The highest BCUT2D eigenvalue weighted by molar-refractivity contribution is 5.96. The van der Waals surface area contributed by atoms with Crippen molar-refractivity contribution in [2.75, 3.05) is 13.2 Å². The molecule has 2 N–H and O–H groups in total. The van der Waals surface area contributed by atoms with E-state index in [1.165, 1.54) is 6.42 Å². The molecule has 1 saturated heterocycles. The van der Waals surface area contributed by atoms with E-state index >= 15 is 0 Å². The molecule has 6 atom stereocenters. The fraction of sp³-hybridized carbons (Fsp3) is 0.783. The first-order valence-corrected chi connectivity index (χ1v) is 11.5. The monoisotopic (exact) mass is 420 g/mol. The Bertz CT molecular complexity index is 669. The first kappa shape index (κ1) is 22.8. The van der Waals surface area contributed by atoms with E-state index in [1.807, 2.05) is 26.0 Å². The maximum atomic E-state index is 13.6. The number of fused-ring (bicyclic) bond motifs is 1. The molecule has 0 aromatic carbocycles. The molecule has 2 amide bonds. The van der Waals surface area contributed by atoms with Crippen LogP contribution in [-0.2, 0) is 19.1 Å². The van der Waals surface area contributed by atoms with Gasteiger partial charge in [-0.3, -0.25) is 14.4 Å². The van der Waals surface area contributed by atoms with Crippen molar-refractivity contribution in [3.05, 3.63) is 12.2 Å². The number of likely N-dealkylation sites (tertiary alicyclic amines) is 1. The highest BCUT2D eigenvalue weighted by Crippen LogP contribution is 2.45. The number of ether oxygens (including phenoxy) is 1. The average molecular weight is 421 g/mol. The van der Waals surface area contributed by atoms with E-state index < -0.39 is 29.8 Å². The van der Waals surface area contributed by atoms with Crippen LogP contribution in [0.1, 0.15) is 59.3 Å². The number of carbonyl (C=O) groups is 3. The molecule has 3 rings (SSSR count). The van der Waals surface area contributed by atoms with E-state index in [1.54, 1.807) is 11.8 Å². The van der Waals surface area contributed by atoms with Crippen molar-refractivity contribution in [1.29, 1.82) is 0 Å². The lowest BCUT2D eigenvalue weighted by Gasteiger charge is -2.34. The molecule has 168 valence electrons. The van der Waals surface area contributed by atoms with Gasteiger partial charge < -0.3 is 20.1 Å². The Labute approximate surface area is 179 Å². The quantitative estimate of drug-likeness (QED) is 0.485. The zero-order valence-corrected chi connectivity index (χ0v) is 18.4. The summed E-state index contributed by atoms with van der Waals surface area (Å²) >= 11 is 0. The van der Waals surface area contributed by atoms with Gasteiger partial charge in [0.05, 0.1) is 31.1 Å². The van der Waals surface area contributed by atoms with Crippen molar-refractivity contribution in [3.63, 3.8) is 0 Å². The molecule has 7 heteroatoms. The molecule has 0 aromatic rings. The molecule has 3 aliphatic rings. The molecule has 0 aromatic heterocycles. The van der Waals surface area contributed by atoms with Crippen molar-refractivity contribution in [2.45, 2.75) is 77.4 Å². The Morgan fingerprint density at radius 1 is 1.23 bits per heavy atom. The van der Waals surface area contributed by atoms with Gasteiger partial charge in [-0.25, -0.2) is 0 Å². The molecule has 2 fully saturated rings. The summed E-state index contributed by atoms with van der Waals surface area (Å²) in [5.41, 5.74) is 0. The van der Waals surface area contributed by atoms with Gasteiger partial charge in [-0.05, 0) is 32.1 Å². The first-order valence-electron chi connectivity index (χ1n) is 11.5. The molecule has 0 radical (unpaired) electrons. The number of aliphatic hydroxyl groups excluding tert-OH is 1. The molecule has 1 saturated carbocycles. The highest BCUT2D eigenvalue weighted by atomic mass is 16.5. The van der Waals surface area contributed by atoms with Crippen LogP contribution in [0.3, 0.4) is 0 Å². The van der Waals surface area contributed by atoms with Gasteiger partial charge in [0.2, 0.25) is 11.8 Å². The van der Waals surface area contributed by atoms with Crippen LogP contribution in [0.4, 0.5) is 0 Å². The number of amides is 2. The molecule has 30 heavy (non-hydrogen) atoms. The third-order valence-corrected chi connectivity index (χ3v) is 7.06. The van der Waals surface area contributed by atoms with Gasteiger partial charge >= 0.3 is 5.97 Å². The van der Waals surface area contributed by atoms with Crippen LogP contribution in [0, 0.1) is 23.7 Å². The van der Waals surface area contributed by atoms with E-state index in [2.05, 4.69) is 5.32 Å². The summed E-state index contributed by atoms with van der Waals surface area (Å²) in [6.07, 6.45) is 9.69. The van der Waals surface area contributed by atoms with Gasteiger partial charge in [0, 0.05) is 12.0 Å². The number of hydrogen-bond donors (Lipinski definition) is 2. The fourth-order valence-electron chi connectivity index (χ4n) is 5.48. The average Bonchev–Trinajstić information content (AvgIpc) is 3.02. The zero-order valence-electron chi connectivity index (χ0n) is 18.4. The summed E-state index contributed by atoms with van der Waals surface area (Å²) in [6, 6.07) is -1.03. The van der Waals surface area contributed by atoms with Crippen LogP contribution in [0.15, 0.2) is 12.2 Å². The predicted octanol–water partition coefficient (Wildman–Crippen LogP) is 2.03. The maximum absolute atomic E-state index is 13.6. The van der Waals surface area contributed by atoms with E-state index in [0.29, 0.717) is 6.42 Å². The number of rotatable bonds is 7. The molecule has 0 unspecified atom stereocenters. The minimum Gasteiger partial charge on any atom is -0.466 e. The van der Waals surface area contributed by atoms with Gasteiger partial charge in [-0.2, -0.15) is 0 Å². The smallest absolute Gasteiger partial charge is 0.310 e. The molecule has 1 heterocycles. The van der Waals surface area contributed by atoms with Gasteiger partial charge in [0.25, 0.3) is 0 Å². The summed E-state index contributed by atoms with van der Waals surface area (Å²) in [6.45, 7) is 5.60. The Morgan fingerprint density at radius 2 is 1.93 bits per heavy atom. The second kappa shape index (κ2) is 9.94. The third-order valence-electron chi connectivity index (χ3n) is 7.06. The van der Waals surface area contributed by atoms with Crippen LogP contribution in [0.5, 0.6) is 0 Å². The topological polar surface area (TPSA) is 95.9 Å². The molecule has 0 bridgehead atoms.